The molecular formula is C13H10BrFN2O2. The van der Waals surface area contributed by atoms with Gasteiger partial charge in [-0.1, -0.05) is 15.9 Å². The molecule has 1 heterocycles. The molecule has 0 aliphatic rings. The smallest absolute Gasteiger partial charge is 0.257 e. The molecule has 2 rings (SSSR count). The third-order valence-corrected chi connectivity index (χ3v) is 2.87. The molecule has 0 aliphatic carbocycles. The molecule has 0 aliphatic heterocycles. The highest BCUT2D eigenvalue weighted by Crippen LogP contribution is 2.28. The molecule has 0 saturated carbocycles. The number of nitrogens with one attached hydrogen (secondary N) is 1. The number of carbonyl (C=O) groups excluding carboxylic acids is 1. The fourth-order valence-electron chi connectivity index (χ4n) is 1.51. The van der Waals surface area contributed by atoms with Gasteiger partial charge in [0.2, 0.25) is 0 Å². The molecular weight excluding hydrogens is 315 g/mol. The SMILES string of the molecule is COc1ccc(Br)cc1NC(=O)c1cncc(F)c1. The fourth-order valence-corrected chi connectivity index (χ4v) is 1.87. The van der Waals surface area contributed by atoms with Gasteiger partial charge in [-0.2, -0.15) is 0 Å². The monoisotopic (exact) mass is 324 g/mol. The summed E-state index contributed by atoms with van der Waals surface area (Å²) in [5.74, 6) is -0.502. The number of rotatable bonds is 3. The average molecular weight is 325 g/mol. The van der Waals surface area contributed by atoms with Crippen LogP contribution in [-0.4, -0.2) is 18.0 Å². The molecule has 0 saturated heterocycles. The van der Waals surface area contributed by atoms with Crippen molar-refractivity contribution in [3.05, 3.63) is 52.5 Å². The zero-order chi connectivity index (χ0) is 13.8. The summed E-state index contributed by atoms with van der Waals surface area (Å²) in [6.07, 6.45) is 2.33. The Labute approximate surface area is 117 Å². The fraction of sp³-hybridized carbons (Fsp3) is 0.0769. The predicted molar refractivity (Wildman–Crippen MR) is 72.8 cm³/mol. The molecule has 19 heavy (non-hydrogen) atoms. The number of aromatic nitrogens is 1. The van der Waals surface area contributed by atoms with E-state index in [2.05, 4.69) is 26.2 Å². The summed E-state index contributed by atoms with van der Waals surface area (Å²) >= 11 is 3.30. The first-order valence-electron chi connectivity index (χ1n) is 5.35. The van der Waals surface area contributed by atoms with E-state index < -0.39 is 11.7 Å². The lowest BCUT2D eigenvalue weighted by atomic mass is 10.2. The summed E-state index contributed by atoms with van der Waals surface area (Å²) in [5, 5.41) is 2.65. The van der Waals surface area contributed by atoms with Gasteiger partial charge in [0, 0.05) is 10.7 Å². The van der Waals surface area contributed by atoms with E-state index in [-0.39, 0.29) is 5.56 Å². The quantitative estimate of drug-likeness (QED) is 0.942. The standard InChI is InChI=1S/C13H10BrFN2O2/c1-19-12-3-2-9(14)5-11(12)17-13(18)8-4-10(15)7-16-6-8/h2-7H,1H3,(H,17,18). The van der Waals surface area contributed by atoms with E-state index in [1.165, 1.54) is 13.3 Å². The van der Waals surface area contributed by atoms with Crippen LogP contribution in [0.25, 0.3) is 0 Å². The van der Waals surface area contributed by atoms with Gasteiger partial charge in [-0.25, -0.2) is 4.39 Å². The maximum Gasteiger partial charge on any atom is 0.257 e. The van der Waals surface area contributed by atoms with Crippen LogP contribution in [0.1, 0.15) is 10.4 Å². The molecule has 1 aromatic heterocycles. The largest absolute Gasteiger partial charge is 0.495 e. The molecule has 0 spiro atoms. The maximum absolute atomic E-state index is 13.0. The van der Waals surface area contributed by atoms with Gasteiger partial charge in [-0.05, 0) is 24.3 Å². The highest BCUT2D eigenvalue weighted by Gasteiger charge is 2.11. The molecule has 0 radical (unpaired) electrons. The highest BCUT2D eigenvalue weighted by atomic mass is 79.9. The molecule has 1 aromatic carbocycles. The summed E-state index contributed by atoms with van der Waals surface area (Å²) in [4.78, 5) is 15.6. The van der Waals surface area contributed by atoms with Gasteiger partial charge in [0.15, 0.2) is 0 Å². The number of pyridine rings is 1. The second-order valence-electron chi connectivity index (χ2n) is 3.69. The van der Waals surface area contributed by atoms with E-state index in [1.807, 2.05) is 0 Å². The van der Waals surface area contributed by atoms with E-state index in [4.69, 9.17) is 4.74 Å². The molecule has 0 bridgehead atoms. The summed E-state index contributed by atoms with van der Waals surface area (Å²) in [6, 6.07) is 6.32. The zero-order valence-electron chi connectivity index (χ0n) is 9.98. The Balaban J connectivity index is 2.26. The van der Waals surface area contributed by atoms with Crippen LogP contribution in [0.2, 0.25) is 0 Å². The number of nitrogens with zero attached hydrogens (tertiary/aromatic N) is 1. The topological polar surface area (TPSA) is 51.2 Å². The van der Waals surface area contributed by atoms with Crippen molar-refractivity contribution < 1.29 is 13.9 Å². The normalized spacial score (nSPS) is 10.1. The molecule has 1 N–H and O–H groups in total. The van der Waals surface area contributed by atoms with Crippen LogP contribution < -0.4 is 10.1 Å². The van der Waals surface area contributed by atoms with Gasteiger partial charge >= 0.3 is 0 Å². The van der Waals surface area contributed by atoms with Crippen LogP contribution in [0.3, 0.4) is 0 Å². The number of methoxy groups -OCH3 is 1. The predicted octanol–water partition coefficient (Wildman–Crippen LogP) is 3.24. The second-order valence-corrected chi connectivity index (χ2v) is 4.61. The lowest BCUT2D eigenvalue weighted by molar-refractivity contribution is 0.102. The maximum atomic E-state index is 13.0. The van der Waals surface area contributed by atoms with Crippen molar-refractivity contribution in [3.8, 4) is 5.75 Å². The summed E-state index contributed by atoms with van der Waals surface area (Å²) in [7, 11) is 1.50. The molecule has 2 aromatic rings. The third kappa shape index (κ3) is 3.29. The molecule has 0 atom stereocenters. The number of anilines is 1. The molecule has 0 unspecified atom stereocenters. The molecule has 1 amide bonds. The van der Waals surface area contributed by atoms with Gasteiger partial charge in [-0.3, -0.25) is 9.78 Å². The Morgan fingerprint density at radius 3 is 2.84 bits per heavy atom. The number of hydrogen-bond acceptors (Lipinski definition) is 3. The second kappa shape index (κ2) is 5.79. The number of halogens is 2. The minimum Gasteiger partial charge on any atom is -0.495 e. The van der Waals surface area contributed by atoms with Crippen LogP contribution >= 0.6 is 15.9 Å². The van der Waals surface area contributed by atoms with Crippen molar-refractivity contribution in [2.45, 2.75) is 0 Å². The molecule has 6 heteroatoms. The van der Waals surface area contributed by atoms with Crippen molar-refractivity contribution in [1.29, 1.82) is 0 Å². The van der Waals surface area contributed by atoms with E-state index in [0.29, 0.717) is 11.4 Å². The average Bonchev–Trinajstić information content (AvgIpc) is 2.39. The number of amides is 1. The summed E-state index contributed by atoms with van der Waals surface area (Å²) in [6.45, 7) is 0. The Morgan fingerprint density at radius 2 is 2.16 bits per heavy atom. The van der Waals surface area contributed by atoms with Crippen LogP contribution in [0, 0.1) is 5.82 Å². The Bertz CT molecular complexity index is 619. The lowest BCUT2D eigenvalue weighted by Gasteiger charge is -2.10. The number of hydrogen-bond donors (Lipinski definition) is 1. The van der Waals surface area contributed by atoms with Crippen LogP contribution in [0.15, 0.2) is 41.1 Å². The highest BCUT2D eigenvalue weighted by molar-refractivity contribution is 9.10. The Morgan fingerprint density at radius 1 is 1.37 bits per heavy atom. The van der Waals surface area contributed by atoms with Crippen LogP contribution in [0.5, 0.6) is 5.75 Å². The first-order valence-corrected chi connectivity index (χ1v) is 6.15. The van der Waals surface area contributed by atoms with E-state index in [9.17, 15) is 9.18 Å². The van der Waals surface area contributed by atoms with E-state index in [1.54, 1.807) is 18.2 Å². The van der Waals surface area contributed by atoms with Gasteiger partial charge in [0.25, 0.3) is 5.91 Å². The van der Waals surface area contributed by atoms with Crippen molar-refractivity contribution in [3.63, 3.8) is 0 Å². The van der Waals surface area contributed by atoms with Crippen LogP contribution in [0.4, 0.5) is 10.1 Å². The van der Waals surface area contributed by atoms with E-state index in [0.717, 1.165) is 16.7 Å². The zero-order valence-corrected chi connectivity index (χ0v) is 11.6. The molecule has 0 fully saturated rings. The van der Waals surface area contributed by atoms with Crippen LogP contribution in [-0.2, 0) is 0 Å². The van der Waals surface area contributed by atoms with Crippen molar-refractivity contribution in [2.24, 2.45) is 0 Å². The minimum absolute atomic E-state index is 0.141. The van der Waals surface area contributed by atoms with Crippen molar-refractivity contribution >= 4 is 27.5 Å². The van der Waals surface area contributed by atoms with Crippen molar-refractivity contribution in [2.75, 3.05) is 12.4 Å². The summed E-state index contributed by atoms with van der Waals surface area (Å²) < 4.78 is 18.9. The molecule has 4 nitrogen and oxygen atoms in total. The van der Waals surface area contributed by atoms with Gasteiger partial charge < -0.3 is 10.1 Å². The molecule has 98 valence electrons. The van der Waals surface area contributed by atoms with Gasteiger partial charge in [0.1, 0.15) is 11.6 Å². The number of carbonyl (C=O) groups is 1. The number of ether oxygens (including phenoxy) is 1. The van der Waals surface area contributed by atoms with Gasteiger partial charge in [-0.15, -0.1) is 0 Å². The van der Waals surface area contributed by atoms with Gasteiger partial charge in [0.05, 0.1) is 24.6 Å². The Kier molecular flexibility index (Phi) is 4.11. The first-order chi connectivity index (χ1) is 9.10. The third-order valence-electron chi connectivity index (χ3n) is 2.38. The van der Waals surface area contributed by atoms with Crippen molar-refractivity contribution in [1.82, 2.24) is 4.98 Å². The Hall–Kier alpha value is -1.95. The first kappa shape index (κ1) is 13.5. The lowest BCUT2D eigenvalue weighted by Crippen LogP contribution is -2.13. The number of benzene rings is 1. The van der Waals surface area contributed by atoms with E-state index >= 15 is 0 Å². The minimum atomic E-state index is -0.561. The summed E-state index contributed by atoms with van der Waals surface area (Å²) in [5.41, 5.74) is 0.633.